The Morgan fingerprint density at radius 3 is 2.88 bits per heavy atom. The van der Waals surface area contributed by atoms with Crippen molar-refractivity contribution < 1.29 is 0 Å². The fourth-order valence-electron chi connectivity index (χ4n) is 2.91. The fourth-order valence-corrected chi connectivity index (χ4v) is 2.91. The first-order valence-corrected chi connectivity index (χ1v) is 6.57. The molecule has 2 rings (SSSR count). The van der Waals surface area contributed by atoms with Crippen molar-refractivity contribution in [2.24, 2.45) is 18.7 Å². The molecule has 1 aromatic heterocycles. The maximum Gasteiger partial charge on any atom is 0.0549 e. The molecule has 4 heteroatoms. The predicted molar refractivity (Wildman–Crippen MR) is 69.6 cm³/mol. The van der Waals surface area contributed by atoms with Gasteiger partial charge in [-0.05, 0) is 45.2 Å². The molecule has 0 aliphatic carbocycles. The van der Waals surface area contributed by atoms with E-state index in [-0.39, 0.29) is 0 Å². The van der Waals surface area contributed by atoms with Gasteiger partial charge in [-0.25, -0.2) is 0 Å². The van der Waals surface area contributed by atoms with E-state index in [0.29, 0.717) is 18.0 Å². The molecule has 0 saturated carbocycles. The Morgan fingerprint density at radius 2 is 2.29 bits per heavy atom. The molecule has 0 spiro atoms. The summed E-state index contributed by atoms with van der Waals surface area (Å²) in [5.41, 5.74) is 7.10. The molecule has 0 radical (unpaired) electrons. The van der Waals surface area contributed by atoms with Crippen LogP contribution in [0.3, 0.4) is 0 Å². The van der Waals surface area contributed by atoms with Gasteiger partial charge in [-0.15, -0.1) is 0 Å². The molecule has 1 saturated heterocycles. The number of likely N-dealkylation sites (tertiary alicyclic amines) is 1. The van der Waals surface area contributed by atoms with Gasteiger partial charge in [0.2, 0.25) is 0 Å². The molecule has 1 aliphatic rings. The second-order valence-electron chi connectivity index (χ2n) is 5.28. The highest BCUT2D eigenvalue weighted by molar-refractivity contribution is 5.07. The lowest BCUT2D eigenvalue weighted by Crippen LogP contribution is -2.45. The fraction of sp³-hybridized carbons (Fsp3) is 0.769. The van der Waals surface area contributed by atoms with E-state index in [1.165, 1.54) is 18.5 Å². The Bertz CT molecular complexity index is 360. The topological polar surface area (TPSA) is 47.1 Å². The van der Waals surface area contributed by atoms with E-state index >= 15 is 0 Å². The zero-order chi connectivity index (χ0) is 12.4. The lowest BCUT2D eigenvalue weighted by molar-refractivity contribution is 0.0777. The van der Waals surface area contributed by atoms with Crippen molar-refractivity contribution >= 4 is 0 Å². The van der Waals surface area contributed by atoms with E-state index < -0.39 is 0 Å². The van der Waals surface area contributed by atoms with Crippen LogP contribution in [0.2, 0.25) is 0 Å². The minimum Gasteiger partial charge on any atom is -0.330 e. The molecular weight excluding hydrogens is 212 g/mol. The number of aromatic nitrogens is 2. The zero-order valence-corrected chi connectivity index (χ0v) is 11.1. The summed E-state index contributed by atoms with van der Waals surface area (Å²) in [5.74, 6) is 0.655. The van der Waals surface area contributed by atoms with Crippen molar-refractivity contribution in [3.05, 3.63) is 18.0 Å². The third-order valence-electron chi connectivity index (χ3n) is 4.15. The number of nitrogens with two attached hydrogens (primary N) is 1. The summed E-state index contributed by atoms with van der Waals surface area (Å²) in [6.45, 7) is 6.51. The SMILES string of the molecule is CC1CCC(CN)CN1C(C)c1ccnn1C. The van der Waals surface area contributed by atoms with E-state index in [4.69, 9.17) is 5.73 Å². The number of hydrogen-bond acceptors (Lipinski definition) is 3. The first-order chi connectivity index (χ1) is 8.13. The van der Waals surface area contributed by atoms with Gasteiger partial charge in [0.15, 0.2) is 0 Å². The largest absolute Gasteiger partial charge is 0.330 e. The molecule has 3 unspecified atom stereocenters. The average Bonchev–Trinajstić information content (AvgIpc) is 2.75. The van der Waals surface area contributed by atoms with Crippen LogP contribution in [-0.4, -0.2) is 33.8 Å². The number of rotatable bonds is 3. The van der Waals surface area contributed by atoms with Crippen LogP contribution in [0.5, 0.6) is 0 Å². The van der Waals surface area contributed by atoms with Crippen molar-refractivity contribution in [1.29, 1.82) is 0 Å². The summed E-state index contributed by atoms with van der Waals surface area (Å²) in [5, 5.41) is 4.26. The van der Waals surface area contributed by atoms with Gasteiger partial charge in [0.25, 0.3) is 0 Å². The van der Waals surface area contributed by atoms with Gasteiger partial charge in [0, 0.05) is 31.9 Å². The number of nitrogens with zero attached hydrogens (tertiary/aromatic N) is 3. The Balaban J connectivity index is 2.12. The van der Waals surface area contributed by atoms with Crippen LogP contribution in [0.1, 0.15) is 38.4 Å². The smallest absolute Gasteiger partial charge is 0.0549 e. The Kier molecular flexibility index (Phi) is 3.84. The second-order valence-corrected chi connectivity index (χ2v) is 5.28. The van der Waals surface area contributed by atoms with Gasteiger partial charge >= 0.3 is 0 Å². The van der Waals surface area contributed by atoms with Crippen molar-refractivity contribution in [1.82, 2.24) is 14.7 Å². The number of piperidine rings is 1. The van der Waals surface area contributed by atoms with Gasteiger partial charge in [-0.3, -0.25) is 9.58 Å². The summed E-state index contributed by atoms with van der Waals surface area (Å²) in [6, 6.07) is 3.18. The van der Waals surface area contributed by atoms with Crippen molar-refractivity contribution in [2.45, 2.75) is 38.8 Å². The molecule has 96 valence electrons. The number of aryl methyl sites for hydroxylation is 1. The minimum absolute atomic E-state index is 0.423. The van der Waals surface area contributed by atoms with Crippen molar-refractivity contribution in [3.63, 3.8) is 0 Å². The van der Waals surface area contributed by atoms with E-state index in [1.54, 1.807) is 0 Å². The van der Waals surface area contributed by atoms with Gasteiger partial charge in [0.05, 0.1) is 5.69 Å². The lowest BCUT2D eigenvalue weighted by atomic mass is 9.92. The number of hydrogen-bond donors (Lipinski definition) is 1. The first kappa shape index (κ1) is 12.6. The zero-order valence-electron chi connectivity index (χ0n) is 11.1. The molecule has 0 bridgehead atoms. The molecule has 0 amide bonds. The highest BCUT2D eigenvalue weighted by Crippen LogP contribution is 2.29. The van der Waals surface area contributed by atoms with Gasteiger partial charge in [-0.2, -0.15) is 5.10 Å². The summed E-state index contributed by atoms with van der Waals surface area (Å²) < 4.78 is 1.98. The van der Waals surface area contributed by atoms with Crippen LogP contribution in [0, 0.1) is 5.92 Å². The summed E-state index contributed by atoms with van der Waals surface area (Å²) in [6.07, 6.45) is 4.40. The molecule has 1 aliphatic heterocycles. The molecule has 17 heavy (non-hydrogen) atoms. The Hall–Kier alpha value is -0.870. The van der Waals surface area contributed by atoms with E-state index in [1.807, 2.05) is 17.9 Å². The van der Waals surface area contributed by atoms with Crippen LogP contribution in [0.4, 0.5) is 0 Å². The second kappa shape index (κ2) is 5.19. The molecule has 0 aromatic carbocycles. The Morgan fingerprint density at radius 1 is 1.53 bits per heavy atom. The monoisotopic (exact) mass is 236 g/mol. The van der Waals surface area contributed by atoms with Gasteiger partial charge in [-0.1, -0.05) is 0 Å². The summed E-state index contributed by atoms with van der Waals surface area (Å²) in [4.78, 5) is 2.57. The maximum atomic E-state index is 5.82. The lowest BCUT2D eigenvalue weighted by Gasteiger charge is -2.41. The molecule has 2 N–H and O–H groups in total. The molecule has 2 heterocycles. The van der Waals surface area contributed by atoms with E-state index in [9.17, 15) is 0 Å². The molecule has 3 atom stereocenters. The highest BCUT2D eigenvalue weighted by Gasteiger charge is 2.29. The van der Waals surface area contributed by atoms with Gasteiger partial charge < -0.3 is 5.73 Å². The predicted octanol–water partition coefficient (Wildman–Crippen LogP) is 1.54. The normalized spacial score (nSPS) is 28.2. The third-order valence-corrected chi connectivity index (χ3v) is 4.15. The maximum absolute atomic E-state index is 5.82. The van der Waals surface area contributed by atoms with Crippen LogP contribution in [0.15, 0.2) is 12.3 Å². The molecule has 1 aromatic rings. The van der Waals surface area contributed by atoms with Crippen molar-refractivity contribution in [2.75, 3.05) is 13.1 Å². The minimum atomic E-state index is 0.423. The molecular formula is C13H24N4. The van der Waals surface area contributed by atoms with Gasteiger partial charge in [0.1, 0.15) is 0 Å². The Labute approximate surface area is 104 Å². The van der Waals surface area contributed by atoms with Crippen LogP contribution < -0.4 is 5.73 Å². The third kappa shape index (κ3) is 2.53. The van der Waals surface area contributed by atoms with Crippen LogP contribution >= 0.6 is 0 Å². The average molecular weight is 236 g/mol. The van der Waals surface area contributed by atoms with Crippen LogP contribution in [-0.2, 0) is 7.05 Å². The van der Waals surface area contributed by atoms with E-state index in [2.05, 4.69) is 29.9 Å². The van der Waals surface area contributed by atoms with Crippen molar-refractivity contribution in [3.8, 4) is 0 Å². The highest BCUT2D eigenvalue weighted by atomic mass is 15.3. The molecule has 4 nitrogen and oxygen atoms in total. The van der Waals surface area contributed by atoms with E-state index in [0.717, 1.165) is 13.1 Å². The first-order valence-electron chi connectivity index (χ1n) is 6.57. The summed E-state index contributed by atoms with van der Waals surface area (Å²) >= 11 is 0. The standard InChI is InChI=1S/C13H24N4/c1-10-4-5-12(8-14)9-17(10)11(2)13-6-7-15-16(13)3/h6-7,10-12H,4-5,8-9,14H2,1-3H3. The summed E-state index contributed by atoms with van der Waals surface area (Å²) in [7, 11) is 2.01. The quantitative estimate of drug-likeness (QED) is 0.866. The van der Waals surface area contributed by atoms with Crippen LogP contribution in [0.25, 0.3) is 0 Å². The molecule has 1 fully saturated rings.